The van der Waals surface area contributed by atoms with Crippen LogP contribution in [0.5, 0.6) is 0 Å². The van der Waals surface area contributed by atoms with Crippen molar-refractivity contribution in [2.24, 2.45) is 5.92 Å². The molecule has 1 aliphatic carbocycles. The molecule has 1 heteroatoms. The van der Waals surface area contributed by atoms with Crippen molar-refractivity contribution in [1.29, 1.82) is 0 Å². The zero-order valence-electron chi connectivity index (χ0n) is 6.51. The van der Waals surface area contributed by atoms with Gasteiger partial charge in [0.2, 0.25) is 0 Å². The summed E-state index contributed by atoms with van der Waals surface area (Å²) < 4.78 is 0. The minimum absolute atomic E-state index is 1.05. The van der Waals surface area contributed by atoms with E-state index in [1.54, 1.807) is 0 Å². The predicted molar refractivity (Wildman–Crippen MR) is 47.4 cm³/mol. The van der Waals surface area contributed by atoms with Crippen LogP contribution in [0.15, 0.2) is 0 Å². The minimum Gasteiger partial charge on any atom is -0.159 e. The molecule has 0 N–H and O–H groups in total. The van der Waals surface area contributed by atoms with Crippen molar-refractivity contribution >= 4 is 11.8 Å². The standard InChI is InChI=1S/C9H16S/c1-2-8-3-5-9(6-4-8)10-7-1/h8-9H,1-7H2. The van der Waals surface area contributed by atoms with Crippen LogP contribution in [0.1, 0.15) is 38.5 Å². The Morgan fingerprint density at radius 2 is 1.70 bits per heavy atom. The smallest absolute Gasteiger partial charge is 0.00472 e. The van der Waals surface area contributed by atoms with Crippen molar-refractivity contribution in [3.05, 3.63) is 0 Å². The molecule has 0 radical (unpaired) electrons. The molecule has 2 aliphatic heterocycles. The molecular formula is C9H16S. The van der Waals surface area contributed by atoms with Crippen LogP contribution in [0.3, 0.4) is 0 Å². The van der Waals surface area contributed by atoms with E-state index in [9.17, 15) is 0 Å². The molecule has 0 nitrogen and oxygen atoms in total. The average molecular weight is 156 g/mol. The molecule has 3 fully saturated rings. The summed E-state index contributed by atoms with van der Waals surface area (Å²) in [4.78, 5) is 0. The lowest BCUT2D eigenvalue weighted by Crippen LogP contribution is -2.19. The van der Waals surface area contributed by atoms with Crippen LogP contribution in [0.2, 0.25) is 0 Å². The minimum atomic E-state index is 1.05. The predicted octanol–water partition coefficient (Wildman–Crippen LogP) is 3.07. The lowest BCUT2D eigenvalue weighted by Gasteiger charge is -2.31. The third kappa shape index (κ3) is 1.50. The van der Waals surface area contributed by atoms with Gasteiger partial charge in [-0.1, -0.05) is 0 Å². The average Bonchev–Trinajstić information content (AvgIpc) is 1.89. The Morgan fingerprint density at radius 1 is 0.900 bits per heavy atom. The van der Waals surface area contributed by atoms with Crippen LogP contribution < -0.4 is 0 Å². The SMILES string of the molecule is C1CSC2CCC(C1)CC2. The van der Waals surface area contributed by atoms with Gasteiger partial charge in [0.05, 0.1) is 0 Å². The number of rotatable bonds is 0. The van der Waals surface area contributed by atoms with E-state index in [0.29, 0.717) is 0 Å². The molecule has 3 aliphatic rings. The van der Waals surface area contributed by atoms with Crippen LogP contribution in [-0.2, 0) is 0 Å². The van der Waals surface area contributed by atoms with Gasteiger partial charge < -0.3 is 0 Å². The van der Waals surface area contributed by atoms with Gasteiger partial charge in [0, 0.05) is 5.25 Å². The maximum Gasteiger partial charge on any atom is 0.00472 e. The highest BCUT2D eigenvalue weighted by molar-refractivity contribution is 7.99. The molecule has 0 aromatic heterocycles. The third-order valence-electron chi connectivity index (χ3n) is 2.90. The second-order valence-electron chi connectivity index (χ2n) is 3.66. The Kier molecular flexibility index (Phi) is 2.22. The quantitative estimate of drug-likeness (QED) is 0.519. The van der Waals surface area contributed by atoms with Crippen molar-refractivity contribution < 1.29 is 0 Å². The van der Waals surface area contributed by atoms with Gasteiger partial charge in [-0.2, -0.15) is 11.8 Å². The van der Waals surface area contributed by atoms with Gasteiger partial charge in [-0.3, -0.25) is 0 Å². The molecular weight excluding hydrogens is 140 g/mol. The van der Waals surface area contributed by atoms with Crippen LogP contribution in [0.25, 0.3) is 0 Å². The van der Waals surface area contributed by atoms with E-state index in [2.05, 4.69) is 11.8 Å². The molecule has 0 unspecified atom stereocenters. The molecule has 1 saturated carbocycles. The van der Waals surface area contributed by atoms with Crippen LogP contribution in [0.4, 0.5) is 0 Å². The van der Waals surface area contributed by atoms with Crippen molar-refractivity contribution in [2.75, 3.05) is 5.75 Å². The van der Waals surface area contributed by atoms with Gasteiger partial charge in [-0.15, -0.1) is 0 Å². The first kappa shape index (κ1) is 7.02. The highest BCUT2D eigenvalue weighted by Crippen LogP contribution is 2.37. The number of hydrogen-bond acceptors (Lipinski definition) is 1. The molecule has 2 heterocycles. The number of fused-ring (bicyclic) bond motifs is 5. The van der Waals surface area contributed by atoms with E-state index in [4.69, 9.17) is 0 Å². The molecule has 58 valence electrons. The Hall–Kier alpha value is 0.350. The molecule has 2 saturated heterocycles. The second kappa shape index (κ2) is 3.17. The molecule has 0 aromatic rings. The largest absolute Gasteiger partial charge is 0.159 e. The van der Waals surface area contributed by atoms with E-state index < -0.39 is 0 Å². The van der Waals surface area contributed by atoms with Gasteiger partial charge in [0.25, 0.3) is 0 Å². The Morgan fingerprint density at radius 3 is 2.50 bits per heavy atom. The molecule has 10 heavy (non-hydrogen) atoms. The molecule has 2 bridgehead atoms. The zero-order chi connectivity index (χ0) is 6.81. The van der Waals surface area contributed by atoms with Crippen LogP contribution in [0, 0.1) is 5.92 Å². The molecule has 0 atom stereocenters. The summed E-state index contributed by atoms with van der Waals surface area (Å²) in [7, 11) is 0. The molecule has 0 amide bonds. The molecule has 0 spiro atoms. The topological polar surface area (TPSA) is 0 Å². The molecule has 3 rings (SSSR count). The number of thioether (sulfide) groups is 1. The summed E-state index contributed by atoms with van der Waals surface area (Å²) in [6.45, 7) is 0. The first-order valence-corrected chi connectivity index (χ1v) is 5.61. The first-order valence-electron chi connectivity index (χ1n) is 4.57. The second-order valence-corrected chi connectivity index (χ2v) is 5.06. The first-order chi connectivity index (χ1) is 4.95. The Bertz CT molecular complexity index is 83.8. The van der Waals surface area contributed by atoms with Gasteiger partial charge in [0.1, 0.15) is 0 Å². The van der Waals surface area contributed by atoms with Crippen LogP contribution in [-0.4, -0.2) is 11.0 Å². The summed E-state index contributed by atoms with van der Waals surface area (Å²) in [5.74, 6) is 2.57. The monoisotopic (exact) mass is 156 g/mol. The highest BCUT2D eigenvalue weighted by Gasteiger charge is 2.23. The van der Waals surface area contributed by atoms with E-state index in [1.165, 1.54) is 44.3 Å². The van der Waals surface area contributed by atoms with Crippen LogP contribution >= 0.6 is 11.8 Å². The fourth-order valence-electron chi connectivity index (χ4n) is 2.21. The Balaban J connectivity index is 1.94. The summed E-state index contributed by atoms with van der Waals surface area (Å²) >= 11 is 2.24. The van der Waals surface area contributed by atoms with Gasteiger partial charge in [0.15, 0.2) is 0 Å². The maximum atomic E-state index is 2.24. The normalized spacial score (nSPS) is 40.8. The zero-order valence-corrected chi connectivity index (χ0v) is 7.33. The summed E-state index contributed by atoms with van der Waals surface area (Å²) in [6.07, 6.45) is 9.14. The van der Waals surface area contributed by atoms with Gasteiger partial charge in [-0.25, -0.2) is 0 Å². The van der Waals surface area contributed by atoms with E-state index in [1.807, 2.05) is 0 Å². The van der Waals surface area contributed by atoms with Crippen molar-refractivity contribution in [3.63, 3.8) is 0 Å². The maximum absolute atomic E-state index is 2.24. The lowest BCUT2D eigenvalue weighted by molar-refractivity contribution is 0.337. The van der Waals surface area contributed by atoms with Gasteiger partial charge in [-0.05, 0) is 50.2 Å². The van der Waals surface area contributed by atoms with E-state index in [0.717, 1.165) is 11.2 Å². The fourth-order valence-corrected chi connectivity index (χ4v) is 3.48. The van der Waals surface area contributed by atoms with Crippen molar-refractivity contribution in [1.82, 2.24) is 0 Å². The summed E-state index contributed by atoms with van der Waals surface area (Å²) in [5.41, 5.74) is 0. The van der Waals surface area contributed by atoms with Crippen molar-refractivity contribution in [3.8, 4) is 0 Å². The third-order valence-corrected chi connectivity index (χ3v) is 4.37. The number of hydrogen-bond donors (Lipinski definition) is 0. The highest BCUT2D eigenvalue weighted by atomic mass is 32.2. The fraction of sp³-hybridized carbons (Fsp3) is 1.00. The summed E-state index contributed by atoms with van der Waals surface area (Å²) in [6, 6.07) is 0. The van der Waals surface area contributed by atoms with E-state index >= 15 is 0 Å². The van der Waals surface area contributed by atoms with Crippen molar-refractivity contribution in [2.45, 2.75) is 43.8 Å². The molecule has 0 aromatic carbocycles. The lowest BCUT2D eigenvalue weighted by atomic mass is 9.86. The summed E-state index contributed by atoms with van der Waals surface area (Å²) in [5, 5.41) is 1.05. The van der Waals surface area contributed by atoms with E-state index in [-0.39, 0.29) is 0 Å². The Labute approximate surface area is 67.8 Å². The van der Waals surface area contributed by atoms with Gasteiger partial charge >= 0.3 is 0 Å².